The summed E-state index contributed by atoms with van der Waals surface area (Å²) in [6.45, 7) is 1.68. The van der Waals surface area contributed by atoms with Crippen LogP contribution in [0.3, 0.4) is 0 Å². The first-order valence-electron chi connectivity index (χ1n) is 6.05. The topological polar surface area (TPSA) is 71.3 Å². The van der Waals surface area contributed by atoms with Crippen molar-refractivity contribution in [1.29, 1.82) is 0 Å². The van der Waals surface area contributed by atoms with Gasteiger partial charge in [0.15, 0.2) is 10.4 Å². The third-order valence-electron chi connectivity index (χ3n) is 2.67. The Kier molecular flexibility index (Phi) is 5.03. The molecule has 0 aliphatic heterocycles. The molecule has 0 aliphatic carbocycles. The third kappa shape index (κ3) is 4.34. The van der Waals surface area contributed by atoms with Crippen molar-refractivity contribution in [1.82, 2.24) is 5.32 Å². The van der Waals surface area contributed by atoms with Gasteiger partial charge in [0.25, 0.3) is 5.91 Å². The molecule has 0 bridgehead atoms. The molecule has 0 fully saturated rings. The molecule has 1 aromatic heterocycles. The Balaban J connectivity index is 1.89. The number of nitrogens with one attached hydrogen (secondary N) is 2. The summed E-state index contributed by atoms with van der Waals surface area (Å²) in [5.74, 6) is -0.652. The molecule has 0 spiro atoms. The second-order valence-corrected chi connectivity index (χ2v) is 5.51. The number of hydrogen-bond acceptors (Lipinski definition) is 3. The molecule has 0 radical (unpaired) electrons. The van der Waals surface area contributed by atoms with Crippen LogP contribution in [0.2, 0.25) is 5.02 Å². The van der Waals surface area contributed by atoms with Crippen LogP contribution in [-0.2, 0) is 4.79 Å². The molecule has 0 saturated carbocycles. The minimum Gasteiger partial charge on any atom is -0.444 e. The first-order valence-corrected chi connectivity index (χ1v) is 7.22. The molecule has 110 valence electrons. The van der Waals surface area contributed by atoms with Gasteiger partial charge in [-0.3, -0.25) is 9.59 Å². The second-order valence-electron chi connectivity index (χ2n) is 4.29. The Bertz CT molecular complexity index is 685. The van der Waals surface area contributed by atoms with Crippen molar-refractivity contribution >= 4 is 45.0 Å². The lowest BCUT2D eigenvalue weighted by Crippen LogP contribution is -2.32. The molecule has 2 N–H and O–H groups in total. The van der Waals surface area contributed by atoms with E-state index >= 15 is 0 Å². The Hall–Kier alpha value is -1.79. The fourth-order valence-electron chi connectivity index (χ4n) is 1.65. The average molecular weight is 372 g/mol. The van der Waals surface area contributed by atoms with Crippen LogP contribution in [0.5, 0.6) is 0 Å². The van der Waals surface area contributed by atoms with E-state index in [0.717, 1.165) is 5.56 Å². The zero-order valence-electron chi connectivity index (χ0n) is 11.1. The molecular formula is C14H12BrClN2O3. The van der Waals surface area contributed by atoms with E-state index < -0.39 is 5.91 Å². The number of benzene rings is 1. The van der Waals surface area contributed by atoms with E-state index in [0.29, 0.717) is 15.4 Å². The van der Waals surface area contributed by atoms with E-state index in [4.69, 9.17) is 16.0 Å². The highest BCUT2D eigenvalue weighted by Gasteiger charge is 2.12. The SMILES string of the molecule is Cc1cc(Cl)ccc1NC(=O)CNC(=O)c1ccc(Br)o1. The van der Waals surface area contributed by atoms with Crippen LogP contribution in [0.25, 0.3) is 0 Å². The Labute approximate surface area is 134 Å². The summed E-state index contributed by atoms with van der Waals surface area (Å²) < 4.78 is 5.54. The standard InChI is InChI=1S/C14H12BrClN2O3/c1-8-6-9(16)2-3-10(8)18-13(19)7-17-14(20)11-4-5-12(15)21-11/h2-6H,7H2,1H3,(H,17,20)(H,18,19). The molecule has 21 heavy (non-hydrogen) atoms. The molecule has 0 aliphatic rings. The van der Waals surface area contributed by atoms with Crippen LogP contribution < -0.4 is 10.6 Å². The maximum Gasteiger partial charge on any atom is 0.287 e. The molecule has 1 heterocycles. The molecule has 5 nitrogen and oxygen atoms in total. The summed E-state index contributed by atoms with van der Waals surface area (Å²) in [5.41, 5.74) is 1.50. The van der Waals surface area contributed by atoms with Crippen LogP contribution in [0.1, 0.15) is 16.1 Å². The number of aryl methyl sites for hydroxylation is 1. The summed E-state index contributed by atoms with van der Waals surface area (Å²) in [6, 6.07) is 8.26. The van der Waals surface area contributed by atoms with Crippen LogP contribution >= 0.6 is 27.5 Å². The van der Waals surface area contributed by atoms with Crippen molar-refractivity contribution in [3.63, 3.8) is 0 Å². The van der Waals surface area contributed by atoms with E-state index in [-0.39, 0.29) is 18.2 Å². The van der Waals surface area contributed by atoms with Crippen molar-refractivity contribution in [3.8, 4) is 0 Å². The Morgan fingerprint density at radius 3 is 2.67 bits per heavy atom. The number of carbonyl (C=O) groups is 2. The van der Waals surface area contributed by atoms with Crippen molar-refractivity contribution in [2.45, 2.75) is 6.92 Å². The van der Waals surface area contributed by atoms with E-state index in [9.17, 15) is 9.59 Å². The fourth-order valence-corrected chi connectivity index (χ4v) is 2.18. The van der Waals surface area contributed by atoms with E-state index in [2.05, 4.69) is 26.6 Å². The van der Waals surface area contributed by atoms with Crippen molar-refractivity contribution in [2.75, 3.05) is 11.9 Å². The molecule has 1 aromatic carbocycles. The number of hydrogen-bond donors (Lipinski definition) is 2. The fraction of sp³-hybridized carbons (Fsp3) is 0.143. The van der Waals surface area contributed by atoms with Crippen molar-refractivity contribution in [2.24, 2.45) is 0 Å². The van der Waals surface area contributed by atoms with Crippen LogP contribution in [-0.4, -0.2) is 18.4 Å². The normalized spacial score (nSPS) is 10.2. The summed E-state index contributed by atoms with van der Waals surface area (Å²) in [4.78, 5) is 23.5. The van der Waals surface area contributed by atoms with Gasteiger partial charge in [0.2, 0.25) is 5.91 Å². The van der Waals surface area contributed by atoms with Gasteiger partial charge >= 0.3 is 0 Å². The molecule has 0 saturated heterocycles. The molecular weight excluding hydrogens is 360 g/mol. The number of amides is 2. The Morgan fingerprint density at radius 1 is 1.29 bits per heavy atom. The number of carbonyl (C=O) groups excluding carboxylic acids is 2. The summed E-state index contributed by atoms with van der Waals surface area (Å²) in [7, 11) is 0. The van der Waals surface area contributed by atoms with Gasteiger partial charge in [0, 0.05) is 10.7 Å². The van der Waals surface area contributed by atoms with Gasteiger partial charge in [-0.1, -0.05) is 11.6 Å². The molecule has 2 amide bonds. The number of furan rings is 1. The second kappa shape index (κ2) is 6.78. The zero-order chi connectivity index (χ0) is 15.4. The zero-order valence-corrected chi connectivity index (χ0v) is 13.4. The summed E-state index contributed by atoms with van der Waals surface area (Å²) >= 11 is 8.94. The van der Waals surface area contributed by atoms with Gasteiger partial charge in [-0.05, 0) is 58.7 Å². The Morgan fingerprint density at radius 2 is 2.05 bits per heavy atom. The van der Waals surface area contributed by atoms with Crippen LogP contribution in [0.4, 0.5) is 5.69 Å². The van der Waals surface area contributed by atoms with Gasteiger partial charge in [0.05, 0.1) is 6.54 Å². The number of halogens is 2. The highest BCUT2D eigenvalue weighted by Crippen LogP contribution is 2.19. The lowest BCUT2D eigenvalue weighted by atomic mass is 10.2. The van der Waals surface area contributed by atoms with Crippen LogP contribution in [0.15, 0.2) is 39.4 Å². The molecule has 7 heteroatoms. The summed E-state index contributed by atoms with van der Waals surface area (Å²) in [6.07, 6.45) is 0. The maximum absolute atomic E-state index is 11.8. The van der Waals surface area contributed by atoms with Gasteiger partial charge in [-0.15, -0.1) is 0 Å². The highest BCUT2D eigenvalue weighted by atomic mass is 79.9. The first-order chi connectivity index (χ1) is 9.95. The first kappa shape index (κ1) is 15.6. The monoisotopic (exact) mass is 370 g/mol. The summed E-state index contributed by atoms with van der Waals surface area (Å²) in [5, 5.41) is 5.77. The van der Waals surface area contributed by atoms with Gasteiger partial charge in [-0.25, -0.2) is 0 Å². The highest BCUT2D eigenvalue weighted by molar-refractivity contribution is 9.10. The van der Waals surface area contributed by atoms with Gasteiger partial charge in [-0.2, -0.15) is 0 Å². The van der Waals surface area contributed by atoms with Gasteiger partial charge in [0.1, 0.15) is 0 Å². The molecule has 2 rings (SSSR count). The quantitative estimate of drug-likeness (QED) is 0.865. The minimum atomic E-state index is -0.455. The predicted molar refractivity (Wildman–Crippen MR) is 83.6 cm³/mol. The molecule has 0 unspecified atom stereocenters. The molecule has 2 aromatic rings. The van der Waals surface area contributed by atoms with Gasteiger partial charge < -0.3 is 15.1 Å². The lowest BCUT2D eigenvalue weighted by Gasteiger charge is -2.09. The number of rotatable bonds is 4. The maximum atomic E-state index is 11.8. The number of anilines is 1. The molecule has 0 atom stereocenters. The minimum absolute atomic E-state index is 0.136. The smallest absolute Gasteiger partial charge is 0.287 e. The van der Waals surface area contributed by atoms with Crippen molar-refractivity contribution < 1.29 is 14.0 Å². The van der Waals surface area contributed by atoms with Crippen molar-refractivity contribution in [3.05, 3.63) is 51.3 Å². The van der Waals surface area contributed by atoms with Crippen LogP contribution in [0, 0.1) is 6.92 Å². The largest absolute Gasteiger partial charge is 0.444 e. The van der Waals surface area contributed by atoms with E-state index in [1.807, 2.05) is 6.92 Å². The predicted octanol–water partition coefficient (Wildman–Crippen LogP) is 3.37. The van der Waals surface area contributed by atoms with E-state index in [1.54, 1.807) is 24.3 Å². The average Bonchev–Trinajstić information content (AvgIpc) is 2.86. The lowest BCUT2D eigenvalue weighted by molar-refractivity contribution is -0.115. The third-order valence-corrected chi connectivity index (χ3v) is 3.33. The van der Waals surface area contributed by atoms with E-state index in [1.165, 1.54) is 6.07 Å².